The molecule has 5 heteroatoms. The third kappa shape index (κ3) is 1.92. The van der Waals surface area contributed by atoms with E-state index in [1.165, 1.54) is 11.3 Å². The van der Waals surface area contributed by atoms with Crippen LogP contribution in [-0.2, 0) is 0 Å². The van der Waals surface area contributed by atoms with E-state index in [1.807, 2.05) is 36.6 Å². The average molecular weight is 272 g/mol. The Morgan fingerprint density at radius 2 is 2.11 bits per heavy atom. The highest BCUT2D eigenvalue weighted by atomic mass is 32.1. The van der Waals surface area contributed by atoms with E-state index in [9.17, 15) is 4.79 Å². The number of rotatable bonds is 2. The van der Waals surface area contributed by atoms with E-state index in [-0.39, 0.29) is 5.56 Å². The van der Waals surface area contributed by atoms with Gasteiger partial charge in [-0.25, -0.2) is 4.98 Å². The zero-order valence-corrected chi connectivity index (χ0v) is 11.4. The zero-order valence-electron chi connectivity index (χ0n) is 10.6. The summed E-state index contributed by atoms with van der Waals surface area (Å²) in [5.41, 5.74) is 2.38. The van der Waals surface area contributed by atoms with E-state index in [2.05, 4.69) is 4.98 Å². The molecular formula is C14H12N2O2S. The Balaban J connectivity index is 2.35. The lowest BCUT2D eigenvalue weighted by Gasteiger charge is -2.07. The second-order valence-corrected chi connectivity index (χ2v) is 5.01. The number of thiazole rings is 1. The van der Waals surface area contributed by atoms with Gasteiger partial charge in [-0.3, -0.25) is 9.20 Å². The molecule has 0 bridgehead atoms. The van der Waals surface area contributed by atoms with Crippen molar-refractivity contribution in [3.63, 3.8) is 0 Å². The monoisotopic (exact) mass is 272 g/mol. The van der Waals surface area contributed by atoms with Crippen molar-refractivity contribution in [3.05, 3.63) is 51.8 Å². The van der Waals surface area contributed by atoms with Crippen molar-refractivity contribution in [2.45, 2.75) is 6.92 Å². The van der Waals surface area contributed by atoms with Gasteiger partial charge in [0.25, 0.3) is 5.56 Å². The quantitative estimate of drug-likeness (QED) is 0.720. The van der Waals surface area contributed by atoms with Crippen molar-refractivity contribution in [1.29, 1.82) is 0 Å². The lowest BCUT2D eigenvalue weighted by molar-refractivity contribution is 0.416. The molecule has 0 atom stereocenters. The highest BCUT2D eigenvalue weighted by Crippen LogP contribution is 2.31. The van der Waals surface area contributed by atoms with Crippen LogP contribution in [0.15, 0.2) is 40.5 Å². The van der Waals surface area contributed by atoms with Gasteiger partial charge in [0.1, 0.15) is 5.75 Å². The summed E-state index contributed by atoms with van der Waals surface area (Å²) in [6.07, 6.45) is 0. The van der Waals surface area contributed by atoms with Crippen LogP contribution >= 0.6 is 11.3 Å². The fraction of sp³-hybridized carbons (Fsp3) is 0.143. The van der Waals surface area contributed by atoms with Gasteiger partial charge in [-0.05, 0) is 19.1 Å². The molecule has 3 aromatic rings. The van der Waals surface area contributed by atoms with Crippen LogP contribution in [0.4, 0.5) is 0 Å². The number of aromatic nitrogens is 2. The summed E-state index contributed by atoms with van der Waals surface area (Å²) < 4.78 is 6.97. The largest absolute Gasteiger partial charge is 0.496 e. The van der Waals surface area contributed by atoms with Crippen molar-refractivity contribution in [2.75, 3.05) is 7.11 Å². The molecule has 19 heavy (non-hydrogen) atoms. The molecule has 0 saturated heterocycles. The second-order valence-electron chi connectivity index (χ2n) is 4.17. The van der Waals surface area contributed by atoms with E-state index in [0.29, 0.717) is 4.96 Å². The molecule has 0 aliphatic heterocycles. The van der Waals surface area contributed by atoms with Crippen LogP contribution < -0.4 is 10.3 Å². The molecule has 2 aromatic heterocycles. The van der Waals surface area contributed by atoms with Gasteiger partial charge in [0, 0.05) is 22.7 Å². The molecule has 1 aromatic carbocycles. The molecule has 0 unspecified atom stereocenters. The van der Waals surface area contributed by atoms with Gasteiger partial charge >= 0.3 is 0 Å². The maximum absolute atomic E-state index is 12.1. The van der Waals surface area contributed by atoms with Crippen molar-refractivity contribution < 1.29 is 4.74 Å². The summed E-state index contributed by atoms with van der Waals surface area (Å²) in [6, 6.07) is 9.19. The van der Waals surface area contributed by atoms with Crippen LogP contribution in [0.25, 0.3) is 16.2 Å². The predicted octanol–water partition coefficient (Wildman–Crippen LogP) is 2.74. The van der Waals surface area contributed by atoms with Crippen molar-refractivity contribution in [1.82, 2.24) is 9.38 Å². The van der Waals surface area contributed by atoms with E-state index >= 15 is 0 Å². The summed E-state index contributed by atoms with van der Waals surface area (Å²) >= 11 is 1.45. The Kier molecular flexibility index (Phi) is 2.83. The van der Waals surface area contributed by atoms with Crippen LogP contribution in [0.5, 0.6) is 5.75 Å². The first kappa shape index (κ1) is 11.9. The molecule has 0 saturated carbocycles. The van der Waals surface area contributed by atoms with Gasteiger partial charge in [0.05, 0.1) is 12.8 Å². The normalized spacial score (nSPS) is 10.8. The Morgan fingerprint density at radius 3 is 2.89 bits per heavy atom. The highest BCUT2D eigenvalue weighted by molar-refractivity contribution is 7.15. The van der Waals surface area contributed by atoms with Crippen molar-refractivity contribution in [3.8, 4) is 17.0 Å². The van der Waals surface area contributed by atoms with Crippen LogP contribution in [-0.4, -0.2) is 16.5 Å². The first-order valence-corrected chi connectivity index (χ1v) is 6.70. The molecule has 0 radical (unpaired) electrons. The topological polar surface area (TPSA) is 43.6 Å². The standard InChI is InChI=1S/C14H12N2O2S/c1-9-7-13(17)16-11(8-19-14(16)15-9)10-5-3-4-6-12(10)18-2/h3-8H,1-2H3. The number of aryl methyl sites for hydroxylation is 1. The van der Waals surface area contributed by atoms with E-state index in [0.717, 1.165) is 22.7 Å². The molecule has 0 aliphatic carbocycles. The lowest BCUT2D eigenvalue weighted by atomic mass is 10.1. The number of hydrogen-bond acceptors (Lipinski definition) is 4. The van der Waals surface area contributed by atoms with E-state index in [4.69, 9.17) is 4.74 Å². The fourth-order valence-electron chi connectivity index (χ4n) is 2.07. The first-order chi connectivity index (χ1) is 9.20. The number of fused-ring (bicyclic) bond motifs is 1. The van der Waals surface area contributed by atoms with Crippen LogP contribution in [0.3, 0.4) is 0 Å². The highest BCUT2D eigenvalue weighted by Gasteiger charge is 2.12. The molecule has 96 valence electrons. The van der Waals surface area contributed by atoms with Crippen molar-refractivity contribution >= 4 is 16.3 Å². The zero-order chi connectivity index (χ0) is 13.4. The third-order valence-electron chi connectivity index (χ3n) is 2.92. The lowest BCUT2D eigenvalue weighted by Crippen LogP contribution is -2.13. The minimum absolute atomic E-state index is 0.0651. The Morgan fingerprint density at radius 1 is 1.32 bits per heavy atom. The van der Waals surface area contributed by atoms with E-state index in [1.54, 1.807) is 17.6 Å². The minimum Gasteiger partial charge on any atom is -0.496 e. The molecule has 0 amide bonds. The Labute approximate surface area is 113 Å². The van der Waals surface area contributed by atoms with Gasteiger partial charge in [0.15, 0.2) is 4.96 Å². The third-order valence-corrected chi connectivity index (χ3v) is 3.74. The second kappa shape index (κ2) is 4.51. The minimum atomic E-state index is -0.0651. The predicted molar refractivity (Wildman–Crippen MR) is 76.1 cm³/mol. The fourth-order valence-corrected chi connectivity index (χ4v) is 3.01. The summed E-state index contributed by atoms with van der Waals surface area (Å²) in [7, 11) is 1.62. The van der Waals surface area contributed by atoms with Gasteiger partial charge in [0.2, 0.25) is 0 Å². The molecule has 3 rings (SSSR count). The van der Waals surface area contributed by atoms with Crippen LogP contribution in [0.2, 0.25) is 0 Å². The summed E-state index contributed by atoms with van der Waals surface area (Å²) in [4.78, 5) is 17.2. The average Bonchev–Trinajstić information content (AvgIpc) is 2.82. The van der Waals surface area contributed by atoms with Gasteiger partial charge in [-0.15, -0.1) is 11.3 Å². The van der Waals surface area contributed by atoms with Crippen LogP contribution in [0.1, 0.15) is 5.69 Å². The number of benzene rings is 1. The summed E-state index contributed by atoms with van der Waals surface area (Å²) in [5.74, 6) is 0.745. The molecule has 0 aliphatic rings. The number of hydrogen-bond donors (Lipinski definition) is 0. The smallest absolute Gasteiger partial charge is 0.259 e. The number of ether oxygens (including phenoxy) is 1. The number of methoxy groups -OCH3 is 1. The summed E-state index contributed by atoms with van der Waals surface area (Å²) in [6.45, 7) is 1.82. The number of para-hydroxylation sites is 1. The maximum Gasteiger partial charge on any atom is 0.259 e. The van der Waals surface area contributed by atoms with Crippen LogP contribution in [0, 0.1) is 6.92 Å². The molecule has 0 N–H and O–H groups in total. The van der Waals surface area contributed by atoms with E-state index < -0.39 is 0 Å². The Hall–Kier alpha value is -2.14. The maximum atomic E-state index is 12.1. The van der Waals surface area contributed by atoms with Gasteiger partial charge in [-0.1, -0.05) is 12.1 Å². The SMILES string of the molecule is COc1ccccc1-c1csc2nc(C)cc(=O)n12. The Bertz CT molecular complexity index is 805. The molecule has 4 nitrogen and oxygen atoms in total. The van der Waals surface area contributed by atoms with Gasteiger partial charge in [-0.2, -0.15) is 0 Å². The molecular weight excluding hydrogens is 260 g/mol. The molecule has 0 spiro atoms. The molecule has 0 fully saturated rings. The molecule has 2 heterocycles. The van der Waals surface area contributed by atoms with Gasteiger partial charge < -0.3 is 4.74 Å². The number of nitrogens with zero attached hydrogens (tertiary/aromatic N) is 2. The summed E-state index contributed by atoms with van der Waals surface area (Å²) in [5, 5.41) is 1.93. The van der Waals surface area contributed by atoms with Crippen molar-refractivity contribution in [2.24, 2.45) is 0 Å². The first-order valence-electron chi connectivity index (χ1n) is 5.82.